The molecule has 166 valence electrons. The van der Waals surface area contributed by atoms with E-state index in [9.17, 15) is 18.0 Å². The van der Waals surface area contributed by atoms with Gasteiger partial charge < -0.3 is 14.8 Å². The Morgan fingerprint density at radius 2 is 1.53 bits per heavy atom. The van der Waals surface area contributed by atoms with Crippen molar-refractivity contribution in [2.45, 2.75) is 17.9 Å². The standard InChI is InChI=1S/C24H23NO6S/c1-3-30-21-12-8-7-11-20(21)25-23(26)22(17-9-5-4-6-10-17)31-24(27)18-13-15-19(16-14-18)32(2,28)29/h4-16,22H,3H2,1-2H3,(H,25,26)/t22-/m1/s1. The first-order chi connectivity index (χ1) is 15.3. The Labute approximate surface area is 186 Å². The fraction of sp³-hybridized carbons (Fsp3) is 0.167. The zero-order chi connectivity index (χ0) is 23.1. The predicted octanol–water partition coefficient (Wildman–Crippen LogP) is 4.03. The number of para-hydroxylation sites is 2. The Balaban J connectivity index is 1.85. The molecule has 0 spiro atoms. The van der Waals surface area contributed by atoms with E-state index in [0.717, 1.165) is 6.26 Å². The Morgan fingerprint density at radius 1 is 0.906 bits per heavy atom. The van der Waals surface area contributed by atoms with E-state index in [2.05, 4.69) is 5.32 Å². The highest BCUT2D eigenvalue weighted by atomic mass is 32.2. The van der Waals surface area contributed by atoms with Gasteiger partial charge in [-0.05, 0) is 43.3 Å². The predicted molar refractivity (Wildman–Crippen MR) is 120 cm³/mol. The molecule has 0 unspecified atom stereocenters. The van der Waals surface area contributed by atoms with E-state index < -0.39 is 27.8 Å². The Bertz CT molecular complexity index is 1190. The number of rotatable bonds is 8. The van der Waals surface area contributed by atoms with Crippen molar-refractivity contribution in [2.24, 2.45) is 0 Å². The largest absolute Gasteiger partial charge is 0.492 e. The van der Waals surface area contributed by atoms with Crippen LogP contribution in [0.15, 0.2) is 83.8 Å². The fourth-order valence-corrected chi connectivity index (χ4v) is 3.59. The summed E-state index contributed by atoms with van der Waals surface area (Å²) in [7, 11) is -3.40. The molecule has 3 rings (SSSR count). The van der Waals surface area contributed by atoms with Crippen LogP contribution >= 0.6 is 0 Å². The van der Waals surface area contributed by atoms with Gasteiger partial charge in [0.15, 0.2) is 9.84 Å². The fourth-order valence-electron chi connectivity index (χ4n) is 2.96. The van der Waals surface area contributed by atoms with E-state index in [4.69, 9.17) is 9.47 Å². The van der Waals surface area contributed by atoms with E-state index in [1.165, 1.54) is 24.3 Å². The smallest absolute Gasteiger partial charge is 0.339 e. The zero-order valence-electron chi connectivity index (χ0n) is 17.6. The lowest BCUT2D eigenvalue weighted by Crippen LogP contribution is -2.26. The van der Waals surface area contributed by atoms with Gasteiger partial charge in [0.1, 0.15) is 5.75 Å². The first-order valence-corrected chi connectivity index (χ1v) is 11.8. The van der Waals surface area contributed by atoms with Gasteiger partial charge in [-0.15, -0.1) is 0 Å². The summed E-state index contributed by atoms with van der Waals surface area (Å²) in [5, 5.41) is 2.76. The lowest BCUT2D eigenvalue weighted by atomic mass is 10.1. The van der Waals surface area contributed by atoms with Gasteiger partial charge in [-0.1, -0.05) is 42.5 Å². The summed E-state index contributed by atoms with van der Waals surface area (Å²) in [6.45, 7) is 2.26. The normalized spacial score (nSPS) is 11.9. The number of carbonyl (C=O) groups excluding carboxylic acids is 2. The quantitative estimate of drug-likeness (QED) is 0.517. The Hall–Kier alpha value is -3.65. The highest BCUT2D eigenvalue weighted by Gasteiger charge is 2.26. The third kappa shape index (κ3) is 5.73. The van der Waals surface area contributed by atoms with Crippen molar-refractivity contribution in [3.05, 3.63) is 90.0 Å². The molecule has 0 saturated heterocycles. The lowest BCUT2D eigenvalue weighted by Gasteiger charge is -2.19. The summed E-state index contributed by atoms with van der Waals surface area (Å²) in [5.74, 6) is -0.811. The number of hydrogen-bond donors (Lipinski definition) is 1. The minimum atomic E-state index is -3.40. The van der Waals surface area contributed by atoms with Crippen LogP contribution in [0.2, 0.25) is 0 Å². The molecule has 0 aromatic heterocycles. The number of carbonyl (C=O) groups is 2. The van der Waals surface area contributed by atoms with Crippen LogP contribution in [0, 0.1) is 0 Å². The van der Waals surface area contributed by atoms with Crippen LogP contribution in [-0.4, -0.2) is 33.2 Å². The molecular weight excluding hydrogens is 430 g/mol. The molecular formula is C24H23NO6S. The molecule has 1 amide bonds. The molecule has 0 bridgehead atoms. The third-order valence-corrected chi connectivity index (χ3v) is 5.66. The SMILES string of the molecule is CCOc1ccccc1NC(=O)[C@H](OC(=O)c1ccc(S(C)(=O)=O)cc1)c1ccccc1. The number of sulfone groups is 1. The molecule has 0 heterocycles. The van der Waals surface area contributed by atoms with Crippen molar-refractivity contribution in [2.75, 3.05) is 18.2 Å². The third-order valence-electron chi connectivity index (χ3n) is 4.53. The Morgan fingerprint density at radius 3 is 2.16 bits per heavy atom. The molecule has 0 saturated carbocycles. The topological polar surface area (TPSA) is 98.8 Å². The summed E-state index contributed by atoms with van der Waals surface area (Å²) >= 11 is 0. The molecule has 7 nitrogen and oxygen atoms in total. The molecule has 0 aliphatic heterocycles. The molecule has 1 atom stereocenters. The molecule has 0 aliphatic rings. The van der Waals surface area contributed by atoms with Crippen LogP contribution in [0.3, 0.4) is 0 Å². The van der Waals surface area contributed by atoms with Crippen LogP contribution < -0.4 is 10.1 Å². The highest BCUT2D eigenvalue weighted by molar-refractivity contribution is 7.90. The zero-order valence-corrected chi connectivity index (χ0v) is 18.5. The number of amides is 1. The summed E-state index contributed by atoms with van der Waals surface area (Å²) in [6.07, 6.45) is -0.149. The number of hydrogen-bond acceptors (Lipinski definition) is 6. The van der Waals surface area contributed by atoms with Gasteiger partial charge in [-0.25, -0.2) is 13.2 Å². The Kier molecular flexibility index (Phi) is 7.27. The van der Waals surface area contributed by atoms with E-state index in [-0.39, 0.29) is 10.5 Å². The second-order valence-corrected chi connectivity index (χ2v) is 8.93. The molecule has 0 fully saturated rings. The summed E-state index contributed by atoms with van der Waals surface area (Å²) in [6, 6.07) is 20.9. The van der Waals surface area contributed by atoms with E-state index in [1.807, 2.05) is 6.92 Å². The number of anilines is 1. The number of esters is 1. The average molecular weight is 454 g/mol. The van der Waals surface area contributed by atoms with E-state index in [1.54, 1.807) is 54.6 Å². The van der Waals surface area contributed by atoms with E-state index in [0.29, 0.717) is 23.6 Å². The maximum absolute atomic E-state index is 13.1. The van der Waals surface area contributed by atoms with Gasteiger partial charge in [0.25, 0.3) is 5.91 Å². The lowest BCUT2D eigenvalue weighted by molar-refractivity contribution is -0.125. The minimum absolute atomic E-state index is 0.0823. The molecule has 1 N–H and O–H groups in total. The first-order valence-electron chi connectivity index (χ1n) is 9.88. The summed E-state index contributed by atoms with van der Waals surface area (Å²) < 4.78 is 34.4. The van der Waals surface area contributed by atoms with Crippen molar-refractivity contribution in [1.82, 2.24) is 0 Å². The second kappa shape index (κ2) is 10.1. The maximum atomic E-state index is 13.1. The number of nitrogens with one attached hydrogen (secondary N) is 1. The van der Waals surface area contributed by atoms with Crippen LogP contribution in [0.1, 0.15) is 28.9 Å². The molecule has 8 heteroatoms. The second-order valence-electron chi connectivity index (χ2n) is 6.91. The number of ether oxygens (including phenoxy) is 2. The van der Waals surface area contributed by atoms with Crippen LogP contribution in [-0.2, 0) is 19.4 Å². The van der Waals surface area contributed by atoms with Crippen LogP contribution in [0.4, 0.5) is 5.69 Å². The van der Waals surface area contributed by atoms with Gasteiger partial charge in [-0.3, -0.25) is 4.79 Å². The van der Waals surface area contributed by atoms with Crippen molar-refractivity contribution < 1.29 is 27.5 Å². The van der Waals surface area contributed by atoms with Gasteiger partial charge in [0.2, 0.25) is 6.10 Å². The maximum Gasteiger partial charge on any atom is 0.339 e. The van der Waals surface area contributed by atoms with Gasteiger partial charge >= 0.3 is 5.97 Å². The average Bonchev–Trinajstić information content (AvgIpc) is 2.79. The van der Waals surface area contributed by atoms with Crippen molar-refractivity contribution in [1.29, 1.82) is 0 Å². The molecule has 3 aromatic carbocycles. The van der Waals surface area contributed by atoms with Gasteiger partial charge in [0, 0.05) is 11.8 Å². The summed E-state index contributed by atoms with van der Waals surface area (Å²) in [4.78, 5) is 25.9. The van der Waals surface area contributed by atoms with Gasteiger partial charge in [0.05, 0.1) is 22.8 Å². The minimum Gasteiger partial charge on any atom is -0.492 e. The monoisotopic (exact) mass is 453 g/mol. The molecule has 0 radical (unpaired) electrons. The van der Waals surface area contributed by atoms with Crippen molar-refractivity contribution in [3.63, 3.8) is 0 Å². The number of benzene rings is 3. The molecule has 32 heavy (non-hydrogen) atoms. The van der Waals surface area contributed by atoms with Crippen LogP contribution in [0.5, 0.6) is 5.75 Å². The van der Waals surface area contributed by atoms with Crippen molar-refractivity contribution in [3.8, 4) is 5.75 Å². The van der Waals surface area contributed by atoms with Crippen molar-refractivity contribution >= 4 is 27.4 Å². The highest BCUT2D eigenvalue weighted by Crippen LogP contribution is 2.27. The van der Waals surface area contributed by atoms with E-state index >= 15 is 0 Å². The summed E-state index contributed by atoms with van der Waals surface area (Å²) in [5.41, 5.74) is 1.06. The van der Waals surface area contributed by atoms with Gasteiger partial charge in [-0.2, -0.15) is 0 Å². The molecule has 3 aromatic rings. The molecule has 0 aliphatic carbocycles. The van der Waals surface area contributed by atoms with Crippen LogP contribution in [0.25, 0.3) is 0 Å². The first kappa shape index (κ1) is 23.0.